The lowest BCUT2D eigenvalue weighted by molar-refractivity contribution is 0.0599. The molecule has 1 aromatic carbocycles. The number of nitrogens with one attached hydrogen (secondary N) is 1. The molecule has 0 saturated carbocycles. The number of carbonyl (C=O) groups is 2. The maximum absolute atomic E-state index is 12.7. The van der Waals surface area contributed by atoms with Crippen molar-refractivity contribution in [2.75, 3.05) is 12.4 Å². The number of methoxy groups -OCH3 is 1. The Kier molecular flexibility index (Phi) is 4.27. The van der Waals surface area contributed by atoms with Crippen LogP contribution in [0, 0.1) is 12.9 Å². The fourth-order valence-electron chi connectivity index (χ4n) is 1.81. The predicted octanol–water partition coefficient (Wildman–Crippen LogP) is 2.57. The second-order valence-electron chi connectivity index (χ2n) is 4.29. The molecular weight excluding hydrogens is 275 g/mol. The van der Waals surface area contributed by atoms with Gasteiger partial charge in [-0.2, -0.15) is 4.39 Å². The quantitative estimate of drug-likeness (QED) is 0.696. The molecule has 0 saturated heterocycles. The van der Waals surface area contributed by atoms with Gasteiger partial charge in [0.1, 0.15) is 0 Å². The molecule has 0 atom stereocenters. The Hall–Kier alpha value is -2.76. The Bertz CT molecular complexity index is 684. The van der Waals surface area contributed by atoms with E-state index in [1.807, 2.05) is 0 Å². The Morgan fingerprint density at radius 3 is 2.62 bits per heavy atom. The molecular formula is C15H13FN2O3. The number of esters is 1. The number of anilines is 1. The molecule has 0 bridgehead atoms. The third-order valence-corrected chi connectivity index (χ3v) is 2.98. The van der Waals surface area contributed by atoms with Gasteiger partial charge in [-0.1, -0.05) is 6.07 Å². The minimum atomic E-state index is -0.657. The molecule has 2 aromatic rings. The molecule has 0 unspecified atom stereocenters. The van der Waals surface area contributed by atoms with Gasteiger partial charge in [0.25, 0.3) is 5.91 Å². The van der Waals surface area contributed by atoms with E-state index in [4.69, 9.17) is 0 Å². The summed E-state index contributed by atoms with van der Waals surface area (Å²) in [6, 6.07) is 7.34. The number of benzene rings is 1. The Morgan fingerprint density at radius 2 is 2.00 bits per heavy atom. The fourth-order valence-corrected chi connectivity index (χ4v) is 1.81. The number of halogens is 1. The second kappa shape index (κ2) is 6.13. The molecule has 21 heavy (non-hydrogen) atoms. The highest BCUT2D eigenvalue weighted by molar-refractivity contribution is 6.05. The first kappa shape index (κ1) is 14.6. The molecule has 5 nitrogen and oxygen atoms in total. The van der Waals surface area contributed by atoms with Crippen molar-refractivity contribution in [3.05, 3.63) is 59.2 Å². The van der Waals surface area contributed by atoms with E-state index in [1.54, 1.807) is 25.1 Å². The Balaban J connectivity index is 2.25. The van der Waals surface area contributed by atoms with Gasteiger partial charge in [-0.05, 0) is 36.8 Å². The molecule has 2 rings (SSSR count). The smallest absolute Gasteiger partial charge is 0.338 e. The van der Waals surface area contributed by atoms with Crippen LogP contribution in [0.3, 0.4) is 0 Å². The number of carbonyl (C=O) groups excluding carboxylic acids is 2. The summed E-state index contributed by atoms with van der Waals surface area (Å²) in [4.78, 5) is 27.1. The van der Waals surface area contributed by atoms with E-state index in [-0.39, 0.29) is 5.56 Å². The topological polar surface area (TPSA) is 68.3 Å². The van der Waals surface area contributed by atoms with Gasteiger partial charge < -0.3 is 10.1 Å². The number of hydrogen-bond acceptors (Lipinski definition) is 4. The van der Waals surface area contributed by atoms with Crippen LogP contribution in [-0.2, 0) is 4.74 Å². The number of amides is 1. The summed E-state index contributed by atoms with van der Waals surface area (Å²) in [7, 11) is 1.29. The van der Waals surface area contributed by atoms with Crippen molar-refractivity contribution in [1.29, 1.82) is 0 Å². The van der Waals surface area contributed by atoms with E-state index in [1.165, 1.54) is 13.2 Å². The summed E-state index contributed by atoms with van der Waals surface area (Å²) in [5, 5.41) is 2.66. The molecule has 1 amide bonds. The van der Waals surface area contributed by atoms with Gasteiger partial charge in [-0.15, -0.1) is 0 Å². The molecule has 1 aromatic heterocycles. The number of hydrogen-bond donors (Lipinski definition) is 1. The number of aromatic nitrogens is 1. The lowest BCUT2D eigenvalue weighted by atomic mass is 10.1. The van der Waals surface area contributed by atoms with Gasteiger partial charge in [0.05, 0.1) is 18.2 Å². The molecule has 0 fully saturated rings. The third kappa shape index (κ3) is 3.22. The van der Waals surface area contributed by atoms with Crippen LogP contribution in [0.2, 0.25) is 0 Å². The predicted molar refractivity (Wildman–Crippen MR) is 74.7 cm³/mol. The van der Waals surface area contributed by atoms with Gasteiger partial charge in [-0.3, -0.25) is 4.79 Å². The first-order valence-electron chi connectivity index (χ1n) is 6.13. The Morgan fingerprint density at radius 1 is 1.24 bits per heavy atom. The molecule has 108 valence electrons. The molecule has 0 aliphatic rings. The van der Waals surface area contributed by atoms with Crippen LogP contribution in [0.4, 0.5) is 10.1 Å². The van der Waals surface area contributed by atoms with E-state index in [2.05, 4.69) is 15.0 Å². The van der Waals surface area contributed by atoms with Crippen LogP contribution in [0.1, 0.15) is 26.3 Å². The highest BCUT2D eigenvalue weighted by atomic mass is 19.1. The number of ether oxygens (including phenoxy) is 1. The van der Waals surface area contributed by atoms with Gasteiger partial charge in [-0.25, -0.2) is 9.78 Å². The minimum absolute atomic E-state index is 0.222. The zero-order chi connectivity index (χ0) is 15.4. The van der Waals surface area contributed by atoms with Crippen molar-refractivity contribution in [1.82, 2.24) is 4.98 Å². The SMILES string of the molecule is COC(=O)c1cccc(NC(=O)c2ccc(F)nc2)c1C. The van der Waals surface area contributed by atoms with Crippen molar-refractivity contribution in [3.8, 4) is 0 Å². The normalized spacial score (nSPS) is 10.0. The molecule has 1 N–H and O–H groups in total. The van der Waals surface area contributed by atoms with Crippen LogP contribution >= 0.6 is 0 Å². The minimum Gasteiger partial charge on any atom is -0.465 e. The molecule has 0 spiro atoms. The average molecular weight is 288 g/mol. The van der Waals surface area contributed by atoms with Crippen LogP contribution in [0.25, 0.3) is 0 Å². The largest absolute Gasteiger partial charge is 0.465 e. The summed E-state index contributed by atoms with van der Waals surface area (Å²) < 4.78 is 17.4. The molecule has 1 heterocycles. The van der Waals surface area contributed by atoms with E-state index in [9.17, 15) is 14.0 Å². The van der Waals surface area contributed by atoms with Crippen LogP contribution in [0.5, 0.6) is 0 Å². The van der Waals surface area contributed by atoms with Crippen LogP contribution < -0.4 is 5.32 Å². The number of rotatable bonds is 3. The third-order valence-electron chi connectivity index (χ3n) is 2.98. The lowest BCUT2D eigenvalue weighted by Crippen LogP contribution is -2.14. The highest BCUT2D eigenvalue weighted by Gasteiger charge is 2.14. The van der Waals surface area contributed by atoms with E-state index in [0.717, 1.165) is 12.3 Å². The highest BCUT2D eigenvalue weighted by Crippen LogP contribution is 2.20. The zero-order valence-electron chi connectivity index (χ0n) is 11.5. The maximum atomic E-state index is 12.7. The summed E-state index contributed by atoms with van der Waals surface area (Å²) in [6.07, 6.45) is 1.14. The van der Waals surface area contributed by atoms with Gasteiger partial charge in [0.2, 0.25) is 5.95 Å². The first-order chi connectivity index (χ1) is 10.0. The van der Waals surface area contributed by atoms with Crippen LogP contribution in [-0.4, -0.2) is 24.0 Å². The van der Waals surface area contributed by atoms with Crippen molar-refractivity contribution < 1.29 is 18.7 Å². The Labute approximate surface area is 120 Å². The van der Waals surface area contributed by atoms with Crippen molar-refractivity contribution in [2.24, 2.45) is 0 Å². The molecule has 0 aliphatic carbocycles. The van der Waals surface area contributed by atoms with Gasteiger partial charge in [0, 0.05) is 11.9 Å². The second-order valence-corrected chi connectivity index (χ2v) is 4.29. The van der Waals surface area contributed by atoms with Crippen molar-refractivity contribution in [2.45, 2.75) is 6.92 Å². The summed E-state index contributed by atoms with van der Waals surface area (Å²) in [5.74, 6) is -1.57. The number of nitrogens with zero attached hydrogens (tertiary/aromatic N) is 1. The van der Waals surface area contributed by atoms with Gasteiger partial charge >= 0.3 is 5.97 Å². The van der Waals surface area contributed by atoms with Crippen LogP contribution in [0.15, 0.2) is 36.5 Å². The molecule has 0 radical (unpaired) electrons. The monoisotopic (exact) mass is 288 g/mol. The first-order valence-corrected chi connectivity index (χ1v) is 6.13. The average Bonchev–Trinajstić information content (AvgIpc) is 2.49. The summed E-state index contributed by atoms with van der Waals surface area (Å²) in [6.45, 7) is 1.70. The van der Waals surface area contributed by atoms with E-state index >= 15 is 0 Å². The number of pyridine rings is 1. The summed E-state index contributed by atoms with van der Waals surface area (Å²) in [5.41, 5.74) is 1.66. The molecule has 6 heteroatoms. The van der Waals surface area contributed by atoms with Crippen molar-refractivity contribution in [3.63, 3.8) is 0 Å². The zero-order valence-corrected chi connectivity index (χ0v) is 11.5. The summed E-state index contributed by atoms with van der Waals surface area (Å²) >= 11 is 0. The maximum Gasteiger partial charge on any atom is 0.338 e. The van der Waals surface area contributed by atoms with Gasteiger partial charge in [0.15, 0.2) is 0 Å². The van der Waals surface area contributed by atoms with E-state index in [0.29, 0.717) is 16.8 Å². The standard InChI is InChI=1S/C15H13FN2O3/c1-9-11(15(20)21-2)4-3-5-12(9)18-14(19)10-6-7-13(16)17-8-10/h3-8H,1-2H3,(H,18,19). The lowest BCUT2D eigenvalue weighted by Gasteiger charge is -2.11. The van der Waals surface area contributed by atoms with Crippen molar-refractivity contribution >= 4 is 17.6 Å². The molecule has 0 aliphatic heterocycles. The van der Waals surface area contributed by atoms with E-state index < -0.39 is 17.8 Å². The fraction of sp³-hybridized carbons (Fsp3) is 0.133.